The Morgan fingerprint density at radius 1 is 1.69 bits per heavy atom. The SMILES string of the molecule is c1nc(CNCC2CCOC2)cs1. The van der Waals surface area contributed by atoms with Gasteiger partial charge < -0.3 is 10.1 Å². The Balaban J connectivity index is 1.63. The molecule has 0 radical (unpaired) electrons. The van der Waals surface area contributed by atoms with Crippen LogP contribution in [0.5, 0.6) is 0 Å². The molecule has 1 aliphatic rings. The zero-order valence-electron chi connectivity index (χ0n) is 7.53. The Hall–Kier alpha value is -0.450. The van der Waals surface area contributed by atoms with Crippen molar-refractivity contribution in [3.8, 4) is 0 Å². The lowest BCUT2D eigenvalue weighted by atomic mass is 10.1. The van der Waals surface area contributed by atoms with Gasteiger partial charge in [-0.05, 0) is 12.3 Å². The van der Waals surface area contributed by atoms with Crippen LogP contribution in [0.3, 0.4) is 0 Å². The molecular weight excluding hydrogens is 184 g/mol. The van der Waals surface area contributed by atoms with Gasteiger partial charge in [0.05, 0.1) is 17.8 Å². The summed E-state index contributed by atoms with van der Waals surface area (Å²) in [5.41, 5.74) is 3.01. The Kier molecular flexibility index (Phi) is 3.29. The van der Waals surface area contributed by atoms with E-state index in [0.717, 1.165) is 32.0 Å². The zero-order chi connectivity index (χ0) is 8.93. The zero-order valence-corrected chi connectivity index (χ0v) is 8.35. The first kappa shape index (κ1) is 9.12. The highest BCUT2D eigenvalue weighted by Gasteiger charge is 2.14. The Morgan fingerprint density at radius 3 is 3.38 bits per heavy atom. The van der Waals surface area contributed by atoms with Gasteiger partial charge in [0.25, 0.3) is 0 Å². The lowest BCUT2D eigenvalue weighted by Crippen LogP contribution is -2.22. The highest BCUT2D eigenvalue weighted by Crippen LogP contribution is 2.10. The molecule has 1 fully saturated rings. The van der Waals surface area contributed by atoms with Gasteiger partial charge in [0.2, 0.25) is 0 Å². The summed E-state index contributed by atoms with van der Waals surface area (Å²) < 4.78 is 5.29. The smallest absolute Gasteiger partial charge is 0.0795 e. The van der Waals surface area contributed by atoms with Crippen LogP contribution < -0.4 is 5.32 Å². The van der Waals surface area contributed by atoms with Crippen LogP contribution in [0.15, 0.2) is 10.9 Å². The minimum absolute atomic E-state index is 0.707. The van der Waals surface area contributed by atoms with Crippen LogP contribution in [-0.2, 0) is 11.3 Å². The summed E-state index contributed by atoms with van der Waals surface area (Å²) in [6.07, 6.45) is 1.20. The predicted octanol–water partition coefficient (Wildman–Crippen LogP) is 1.27. The number of thiazole rings is 1. The van der Waals surface area contributed by atoms with E-state index in [9.17, 15) is 0 Å². The molecule has 1 saturated heterocycles. The second-order valence-electron chi connectivity index (χ2n) is 3.34. The summed E-state index contributed by atoms with van der Waals surface area (Å²) in [6, 6.07) is 0. The molecule has 1 aliphatic heterocycles. The lowest BCUT2D eigenvalue weighted by Gasteiger charge is -2.07. The third-order valence-corrected chi connectivity index (χ3v) is 2.88. The van der Waals surface area contributed by atoms with E-state index in [4.69, 9.17) is 4.74 Å². The van der Waals surface area contributed by atoms with Crippen LogP contribution in [0.2, 0.25) is 0 Å². The summed E-state index contributed by atoms with van der Waals surface area (Å²) in [5, 5.41) is 5.48. The molecule has 0 aliphatic carbocycles. The second-order valence-corrected chi connectivity index (χ2v) is 4.06. The Bertz CT molecular complexity index is 232. The fourth-order valence-corrected chi connectivity index (χ4v) is 2.03. The number of nitrogens with one attached hydrogen (secondary N) is 1. The predicted molar refractivity (Wildman–Crippen MR) is 52.7 cm³/mol. The summed E-state index contributed by atoms with van der Waals surface area (Å²) in [7, 11) is 0. The van der Waals surface area contributed by atoms with Crippen molar-refractivity contribution in [1.82, 2.24) is 10.3 Å². The first-order chi connectivity index (χ1) is 6.45. The summed E-state index contributed by atoms with van der Waals surface area (Å²) in [6.45, 7) is 3.80. The van der Waals surface area contributed by atoms with E-state index in [1.165, 1.54) is 6.42 Å². The number of ether oxygens (including phenoxy) is 1. The van der Waals surface area contributed by atoms with Crippen LogP contribution >= 0.6 is 11.3 Å². The van der Waals surface area contributed by atoms with Gasteiger partial charge >= 0.3 is 0 Å². The topological polar surface area (TPSA) is 34.2 Å². The van der Waals surface area contributed by atoms with E-state index in [1.54, 1.807) is 11.3 Å². The fraction of sp³-hybridized carbons (Fsp3) is 0.667. The summed E-state index contributed by atoms with van der Waals surface area (Å²) >= 11 is 1.65. The quantitative estimate of drug-likeness (QED) is 0.791. The third-order valence-electron chi connectivity index (χ3n) is 2.25. The number of hydrogen-bond acceptors (Lipinski definition) is 4. The minimum atomic E-state index is 0.707. The molecule has 2 rings (SSSR count). The van der Waals surface area contributed by atoms with E-state index in [1.807, 2.05) is 5.51 Å². The van der Waals surface area contributed by atoms with Crippen LogP contribution in [0, 0.1) is 5.92 Å². The average Bonchev–Trinajstić information content (AvgIpc) is 2.75. The molecule has 0 amide bonds. The van der Waals surface area contributed by atoms with Gasteiger partial charge in [0.1, 0.15) is 0 Å². The molecule has 1 atom stereocenters. The molecule has 0 aromatic carbocycles. The van der Waals surface area contributed by atoms with Gasteiger partial charge in [-0.25, -0.2) is 4.98 Å². The third kappa shape index (κ3) is 2.76. The van der Waals surface area contributed by atoms with Crippen molar-refractivity contribution in [3.63, 3.8) is 0 Å². The molecule has 0 saturated carbocycles. The maximum absolute atomic E-state index is 5.29. The monoisotopic (exact) mass is 198 g/mol. The van der Waals surface area contributed by atoms with Crippen LogP contribution in [0.4, 0.5) is 0 Å². The van der Waals surface area contributed by atoms with Gasteiger partial charge in [-0.3, -0.25) is 0 Å². The average molecular weight is 198 g/mol. The Labute approximate surface area is 82.1 Å². The largest absolute Gasteiger partial charge is 0.381 e. The first-order valence-corrected chi connectivity index (χ1v) is 5.55. The lowest BCUT2D eigenvalue weighted by molar-refractivity contribution is 0.185. The van der Waals surface area contributed by atoms with Gasteiger partial charge in [-0.2, -0.15) is 0 Å². The van der Waals surface area contributed by atoms with E-state index in [0.29, 0.717) is 5.92 Å². The minimum Gasteiger partial charge on any atom is -0.381 e. The molecule has 1 aromatic rings. The second kappa shape index (κ2) is 4.69. The number of aromatic nitrogens is 1. The standard InChI is InChI=1S/C9H14N2OS/c1-2-12-5-8(1)3-10-4-9-6-13-7-11-9/h6-8,10H,1-5H2. The van der Waals surface area contributed by atoms with Crippen molar-refractivity contribution in [2.45, 2.75) is 13.0 Å². The van der Waals surface area contributed by atoms with Crippen LogP contribution in [0.1, 0.15) is 12.1 Å². The van der Waals surface area contributed by atoms with Gasteiger partial charge in [0.15, 0.2) is 0 Å². The molecule has 0 spiro atoms. The molecule has 1 unspecified atom stereocenters. The molecule has 0 bridgehead atoms. The highest BCUT2D eigenvalue weighted by atomic mass is 32.1. The van der Waals surface area contributed by atoms with Crippen molar-refractivity contribution >= 4 is 11.3 Å². The van der Waals surface area contributed by atoms with Crippen molar-refractivity contribution in [3.05, 3.63) is 16.6 Å². The number of rotatable bonds is 4. The molecule has 13 heavy (non-hydrogen) atoms. The molecular formula is C9H14N2OS. The molecule has 4 heteroatoms. The van der Waals surface area contributed by atoms with Crippen molar-refractivity contribution in [2.24, 2.45) is 5.92 Å². The van der Waals surface area contributed by atoms with E-state index in [2.05, 4.69) is 15.7 Å². The number of nitrogens with zero attached hydrogens (tertiary/aromatic N) is 1. The molecule has 3 nitrogen and oxygen atoms in total. The summed E-state index contributed by atoms with van der Waals surface area (Å²) in [4.78, 5) is 4.21. The van der Waals surface area contributed by atoms with Gasteiger partial charge in [-0.1, -0.05) is 0 Å². The van der Waals surface area contributed by atoms with Gasteiger partial charge in [0, 0.05) is 25.1 Å². The summed E-state index contributed by atoms with van der Waals surface area (Å²) in [5.74, 6) is 0.707. The molecule has 1 N–H and O–H groups in total. The van der Waals surface area contributed by atoms with Crippen LogP contribution in [-0.4, -0.2) is 24.7 Å². The normalized spacial score (nSPS) is 22.3. The van der Waals surface area contributed by atoms with E-state index >= 15 is 0 Å². The molecule has 2 heterocycles. The van der Waals surface area contributed by atoms with Crippen molar-refractivity contribution < 1.29 is 4.74 Å². The molecule has 1 aromatic heterocycles. The number of hydrogen-bond donors (Lipinski definition) is 1. The highest BCUT2D eigenvalue weighted by molar-refractivity contribution is 7.07. The van der Waals surface area contributed by atoms with Crippen molar-refractivity contribution in [2.75, 3.05) is 19.8 Å². The maximum Gasteiger partial charge on any atom is 0.0795 e. The molecule has 72 valence electrons. The maximum atomic E-state index is 5.29. The Morgan fingerprint density at radius 2 is 2.69 bits per heavy atom. The van der Waals surface area contributed by atoms with E-state index in [-0.39, 0.29) is 0 Å². The van der Waals surface area contributed by atoms with E-state index < -0.39 is 0 Å². The fourth-order valence-electron chi connectivity index (χ4n) is 1.47. The van der Waals surface area contributed by atoms with Crippen LogP contribution in [0.25, 0.3) is 0 Å². The first-order valence-electron chi connectivity index (χ1n) is 4.60. The van der Waals surface area contributed by atoms with Crippen molar-refractivity contribution in [1.29, 1.82) is 0 Å². The van der Waals surface area contributed by atoms with Gasteiger partial charge in [-0.15, -0.1) is 11.3 Å².